The SMILES string of the molecule is CCOc1ccc2c3c1Oc1cc(OC)c(OC)cc1CC3N(C)CC2. The molecular formula is C21H25NO4. The summed E-state index contributed by atoms with van der Waals surface area (Å²) in [5.41, 5.74) is 3.71. The van der Waals surface area contributed by atoms with Gasteiger partial charge in [0.15, 0.2) is 23.0 Å². The van der Waals surface area contributed by atoms with Crippen LogP contribution in [0.25, 0.3) is 0 Å². The largest absolute Gasteiger partial charge is 0.493 e. The van der Waals surface area contributed by atoms with Crippen LogP contribution in [-0.2, 0) is 12.8 Å². The van der Waals surface area contributed by atoms with Crippen molar-refractivity contribution in [2.24, 2.45) is 0 Å². The number of hydrogen-bond donors (Lipinski definition) is 0. The highest BCUT2D eigenvalue weighted by molar-refractivity contribution is 5.60. The van der Waals surface area contributed by atoms with Crippen molar-refractivity contribution in [2.45, 2.75) is 25.8 Å². The highest BCUT2D eigenvalue weighted by Crippen LogP contribution is 2.50. The second-order valence-electron chi connectivity index (χ2n) is 6.77. The van der Waals surface area contributed by atoms with E-state index in [4.69, 9.17) is 18.9 Å². The zero-order chi connectivity index (χ0) is 18.3. The van der Waals surface area contributed by atoms with E-state index < -0.39 is 0 Å². The van der Waals surface area contributed by atoms with Gasteiger partial charge in [0, 0.05) is 29.8 Å². The molecule has 0 aromatic heterocycles. The van der Waals surface area contributed by atoms with Crippen molar-refractivity contribution in [1.82, 2.24) is 4.90 Å². The summed E-state index contributed by atoms with van der Waals surface area (Å²) < 4.78 is 23.3. The second kappa shape index (κ2) is 6.72. The summed E-state index contributed by atoms with van der Waals surface area (Å²) in [6.07, 6.45) is 1.88. The predicted molar refractivity (Wildman–Crippen MR) is 100 cm³/mol. The van der Waals surface area contributed by atoms with Crippen LogP contribution in [0.3, 0.4) is 0 Å². The van der Waals surface area contributed by atoms with Crippen molar-refractivity contribution in [3.05, 3.63) is 41.0 Å². The molecule has 0 spiro atoms. The molecule has 0 saturated carbocycles. The van der Waals surface area contributed by atoms with E-state index in [1.165, 1.54) is 11.1 Å². The van der Waals surface area contributed by atoms with Crippen LogP contribution < -0.4 is 18.9 Å². The van der Waals surface area contributed by atoms with Crippen LogP contribution in [0, 0.1) is 0 Å². The first-order chi connectivity index (χ1) is 12.7. The number of fused-ring (bicyclic) bond motifs is 1. The molecule has 0 bridgehead atoms. The van der Waals surface area contributed by atoms with Gasteiger partial charge in [0.25, 0.3) is 0 Å². The van der Waals surface area contributed by atoms with Crippen LogP contribution in [0.15, 0.2) is 24.3 Å². The molecular weight excluding hydrogens is 330 g/mol. The Morgan fingerprint density at radius 1 is 1.08 bits per heavy atom. The van der Waals surface area contributed by atoms with Crippen molar-refractivity contribution in [1.29, 1.82) is 0 Å². The molecule has 2 aliphatic heterocycles. The summed E-state index contributed by atoms with van der Waals surface area (Å²) >= 11 is 0. The summed E-state index contributed by atoms with van der Waals surface area (Å²) in [6, 6.07) is 8.42. The highest BCUT2D eigenvalue weighted by atomic mass is 16.5. The van der Waals surface area contributed by atoms with E-state index in [0.29, 0.717) is 12.4 Å². The molecule has 2 aromatic rings. The Morgan fingerprint density at radius 2 is 1.85 bits per heavy atom. The number of methoxy groups -OCH3 is 2. The third kappa shape index (κ3) is 2.67. The van der Waals surface area contributed by atoms with Crippen molar-refractivity contribution in [3.8, 4) is 28.7 Å². The van der Waals surface area contributed by atoms with Gasteiger partial charge in [-0.25, -0.2) is 0 Å². The Labute approximate surface area is 154 Å². The van der Waals surface area contributed by atoms with Gasteiger partial charge in [0.2, 0.25) is 0 Å². The minimum Gasteiger partial charge on any atom is -0.493 e. The average Bonchev–Trinajstić information content (AvgIpc) is 2.83. The third-order valence-corrected chi connectivity index (χ3v) is 5.34. The van der Waals surface area contributed by atoms with Crippen LogP contribution in [0.1, 0.15) is 29.7 Å². The minimum absolute atomic E-state index is 0.258. The molecule has 0 aliphatic carbocycles. The van der Waals surface area contributed by atoms with Gasteiger partial charge in [-0.1, -0.05) is 6.07 Å². The summed E-state index contributed by atoms with van der Waals surface area (Å²) in [7, 11) is 5.48. The molecule has 26 heavy (non-hydrogen) atoms. The molecule has 0 fully saturated rings. The first-order valence-corrected chi connectivity index (χ1v) is 9.07. The molecule has 1 unspecified atom stereocenters. The summed E-state index contributed by atoms with van der Waals surface area (Å²) in [4.78, 5) is 2.40. The van der Waals surface area contributed by atoms with E-state index in [2.05, 4.69) is 18.0 Å². The average molecular weight is 355 g/mol. The molecule has 5 heteroatoms. The number of rotatable bonds is 4. The van der Waals surface area contributed by atoms with Crippen LogP contribution in [0.5, 0.6) is 28.7 Å². The summed E-state index contributed by atoms with van der Waals surface area (Å²) in [5, 5.41) is 0. The van der Waals surface area contributed by atoms with Crippen molar-refractivity contribution in [3.63, 3.8) is 0 Å². The molecule has 2 aromatic carbocycles. The monoisotopic (exact) mass is 355 g/mol. The standard InChI is InChI=1S/C21H25NO4/c1-5-25-16-7-6-13-8-9-22(2)15-10-14-11-18(23-3)19(24-4)12-17(14)26-21(16)20(13)15/h6-7,11-12,15H,5,8-10H2,1-4H3. The van der Waals surface area contributed by atoms with E-state index in [1.54, 1.807) is 14.2 Å². The van der Waals surface area contributed by atoms with Gasteiger partial charge in [-0.15, -0.1) is 0 Å². The number of nitrogens with zero attached hydrogens (tertiary/aromatic N) is 1. The van der Waals surface area contributed by atoms with E-state index in [0.717, 1.165) is 47.9 Å². The lowest BCUT2D eigenvalue weighted by molar-refractivity contribution is 0.227. The zero-order valence-corrected chi connectivity index (χ0v) is 15.8. The Bertz CT molecular complexity index is 833. The van der Waals surface area contributed by atoms with E-state index >= 15 is 0 Å². The molecule has 5 nitrogen and oxygen atoms in total. The van der Waals surface area contributed by atoms with E-state index in [-0.39, 0.29) is 6.04 Å². The van der Waals surface area contributed by atoms with Gasteiger partial charge < -0.3 is 18.9 Å². The van der Waals surface area contributed by atoms with Gasteiger partial charge >= 0.3 is 0 Å². The summed E-state index contributed by atoms with van der Waals surface area (Å²) in [5.74, 6) is 3.84. The highest BCUT2D eigenvalue weighted by Gasteiger charge is 2.34. The first kappa shape index (κ1) is 17.0. The van der Waals surface area contributed by atoms with Crippen molar-refractivity contribution in [2.75, 3.05) is 34.4 Å². The third-order valence-electron chi connectivity index (χ3n) is 5.34. The number of benzene rings is 2. The minimum atomic E-state index is 0.258. The number of ether oxygens (including phenoxy) is 4. The van der Waals surface area contributed by atoms with Crippen LogP contribution in [-0.4, -0.2) is 39.3 Å². The van der Waals surface area contributed by atoms with E-state index in [1.807, 2.05) is 25.1 Å². The molecule has 0 amide bonds. The van der Waals surface area contributed by atoms with E-state index in [9.17, 15) is 0 Å². The Kier molecular flexibility index (Phi) is 4.41. The molecule has 138 valence electrons. The fourth-order valence-electron chi connectivity index (χ4n) is 3.98. The van der Waals surface area contributed by atoms with Gasteiger partial charge in [0.05, 0.1) is 20.8 Å². The Balaban J connectivity index is 1.91. The fraction of sp³-hybridized carbons (Fsp3) is 0.429. The van der Waals surface area contributed by atoms with Crippen LogP contribution in [0.2, 0.25) is 0 Å². The predicted octanol–water partition coefficient (Wildman–Crippen LogP) is 3.98. The number of hydrogen-bond acceptors (Lipinski definition) is 5. The second-order valence-corrected chi connectivity index (χ2v) is 6.77. The molecule has 0 radical (unpaired) electrons. The summed E-state index contributed by atoms with van der Waals surface area (Å²) in [6.45, 7) is 3.64. The van der Waals surface area contributed by atoms with Crippen molar-refractivity contribution < 1.29 is 18.9 Å². The molecule has 0 saturated heterocycles. The normalized spacial score (nSPS) is 18.2. The van der Waals surface area contributed by atoms with Gasteiger partial charge in [-0.3, -0.25) is 4.90 Å². The molecule has 2 aliphatic rings. The van der Waals surface area contributed by atoms with Gasteiger partial charge in [-0.05, 0) is 44.5 Å². The molecule has 2 heterocycles. The quantitative estimate of drug-likeness (QED) is 0.830. The lowest BCUT2D eigenvalue weighted by Gasteiger charge is -2.34. The maximum absolute atomic E-state index is 6.44. The van der Waals surface area contributed by atoms with Gasteiger partial charge in [0.1, 0.15) is 5.75 Å². The molecule has 4 rings (SSSR count). The first-order valence-electron chi connectivity index (χ1n) is 9.07. The smallest absolute Gasteiger partial charge is 0.174 e. The maximum atomic E-state index is 6.44. The van der Waals surface area contributed by atoms with Gasteiger partial charge in [-0.2, -0.15) is 0 Å². The maximum Gasteiger partial charge on any atom is 0.174 e. The Morgan fingerprint density at radius 3 is 2.58 bits per heavy atom. The van der Waals surface area contributed by atoms with Crippen LogP contribution >= 0.6 is 0 Å². The Hall–Kier alpha value is -2.40. The van der Waals surface area contributed by atoms with Crippen molar-refractivity contribution >= 4 is 0 Å². The topological polar surface area (TPSA) is 40.2 Å². The molecule has 1 atom stereocenters. The zero-order valence-electron chi connectivity index (χ0n) is 15.8. The lowest BCUT2D eigenvalue weighted by Crippen LogP contribution is -2.33. The van der Waals surface area contributed by atoms with Crippen LogP contribution in [0.4, 0.5) is 0 Å². The lowest BCUT2D eigenvalue weighted by atomic mass is 9.88. The fourth-order valence-corrected chi connectivity index (χ4v) is 3.98. The molecule has 0 N–H and O–H groups in total. The number of likely N-dealkylation sites (N-methyl/N-ethyl adjacent to an activating group) is 1.